The lowest BCUT2D eigenvalue weighted by Crippen LogP contribution is -2.26. The number of rotatable bonds is 6. The molecule has 2 N–H and O–H groups in total. The van der Waals surface area contributed by atoms with Crippen molar-refractivity contribution in [3.8, 4) is 0 Å². The third kappa shape index (κ3) is 3.85. The van der Waals surface area contributed by atoms with Crippen LogP contribution in [0.5, 0.6) is 0 Å². The number of hydrogen-bond donors (Lipinski definition) is 2. The Kier molecular flexibility index (Phi) is 4.90. The second-order valence-corrected chi connectivity index (χ2v) is 7.14. The Morgan fingerprint density at radius 1 is 1.37 bits per heavy atom. The fraction of sp³-hybridized carbons (Fsp3) is 0.222. The van der Waals surface area contributed by atoms with E-state index in [2.05, 4.69) is 15.8 Å². The van der Waals surface area contributed by atoms with Gasteiger partial charge in [0.1, 0.15) is 10.8 Å². The van der Waals surface area contributed by atoms with Crippen molar-refractivity contribution >= 4 is 46.1 Å². The maximum absolute atomic E-state index is 14.2. The number of aromatic nitrogens is 2. The summed E-state index contributed by atoms with van der Waals surface area (Å²) in [6, 6.07) is 4.17. The summed E-state index contributed by atoms with van der Waals surface area (Å²) in [5.74, 6) is -0.575. The summed E-state index contributed by atoms with van der Waals surface area (Å²) in [6.45, 7) is 0.460. The van der Waals surface area contributed by atoms with Crippen LogP contribution in [0.3, 0.4) is 0 Å². The molecule has 140 valence electrons. The normalized spacial score (nSPS) is 13.7. The van der Waals surface area contributed by atoms with Gasteiger partial charge in [0.25, 0.3) is 5.91 Å². The number of pyridine rings is 1. The van der Waals surface area contributed by atoms with Gasteiger partial charge in [-0.25, -0.2) is 14.9 Å². The molecule has 2 aromatic heterocycles. The van der Waals surface area contributed by atoms with Crippen molar-refractivity contribution in [1.82, 2.24) is 14.9 Å². The van der Waals surface area contributed by atoms with Gasteiger partial charge in [-0.3, -0.25) is 9.63 Å². The lowest BCUT2D eigenvalue weighted by molar-refractivity contribution is 0.0270. The Morgan fingerprint density at radius 2 is 2.19 bits per heavy atom. The van der Waals surface area contributed by atoms with E-state index in [-0.39, 0.29) is 27.0 Å². The summed E-state index contributed by atoms with van der Waals surface area (Å²) in [6.07, 6.45) is 6.98. The first-order valence-corrected chi connectivity index (χ1v) is 9.08. The van der Waals surface area contributed by atoms with Crippen molar-refractivity contribution in [1.29, 1.82) is 0 Å². The standard InChI is InChI=1S/C18H15Cl2FN4O2/c19-11-3-4-14(13(21)7-11)23-16-12(18(26)24-27-9-10-1-2-10)8-25-6-5-22-17(25)15(16)20/h3-8,10,23H,1-2,9H2,(H,24,26). The van der Waals surface area contributed by atoms with Crippen LogP contribution in [0.25, 0.3) is 5.65 Å². The van der Waals surface area contributed by atoms with Crippen molar-refractivity contribution in [2.75, 3.05) is 11.9 Å². The molecule has 1 aliphatic rings. The monoisotopic (exact) mass is 408 g/mol. The van der Waals surface area contributed by atoms with Gasteiger partial charge in [0.2, 0.25) is 0 Å². The van der Waals surface area contributed by atoms with Crippen molar-refractivity contribution in [2.24, 2.45) is 5.92 Å². The summed E-state index contributed by atoms with van der Waals surface area (Å²) >= 11 is 12.2. The minimum Gasteiger partial charge on any atom is -0.351 e. The van der Waals surface area contributed by atoms with Gasteiger partial charge < -0.3 is 9.72 Å². The summed E-state index contributed by atoms with van der Waals surface area (Å²) in [5.41, 5.74) is 3.40. The zero-order chi connectivity index (χ0) is 19.0. The third-order valence-corrected chi connectivity index (χ3v) is 4.83. The van der Waals surface area contributed by atoms with Crippen molar-refractivity contribution in [3.05, 3.63) is 58.2 Å². The van der Waals surface area contributed by atoms with E-state index in [1.54, 1.807) is 23.0 Å². The SMILES string of the molecule is O=C(NOCC1CC1)c1cn2ccnc2c(Cl)c1Nc1ccc(Cl)cc1F. The Hall–Kier alpha value is -2.35. The molecule has 3 aromatic rings. The van der Waals surface area contributed by atoms with Gasteiger partial charge in [-0.05, 0) is 37.0 Å². The summed E-state index contributed by atoms with van der Waals surface area (Å²) < 4.78 is 15.8. The molecule has 9 heteroatoms. The number of benzene rings is 1. The highest BCUT2D eigenvalue weighted by molar-refractivity contribution is 6.37. The Morgan fingerprint density at radius 3 is 2.93 bits per heavy atom. The lowest BCUT2D eigenvalue weighted by Gasteiger charge is -2.15. The van der Waals surface area contributed by atoms with Gasteiger partial charge in [-0.15, -0.1) is 0 Å². The van der Waals surface area contributed by atoms with Crippen molar-refractivity contribution < 1.29 is 14.0 Å². The molecule has 1 aromatic carbocycles. The van der Waals surface area contributed by atoms with Crippen LogP contribution < -0.4 is 10.8 Å². The van der Waals surface area contributed by atoms with Gasteiger partial charge in [-0.2, -0.15) is 0 Å². The molecule has 1 fully saturated rings. The molecule has 27 heavy (non-hydrogen) atoms. The topological polar surface area (TPSA) is 67.7 Å². The fourth-order valence-corrected chi connectivity index (χ4v) is 3.06. The van der Waals surface area contributed by atoms with E-state index in [0.29, 0.717) is 18.2 Å². The van der Waals surface area contributed by atoms with Crippen LogP contribution in [-0.2, 0) is 4.84 Å². The van der Waals surface area contributed by atoms with Crippen LogP contribution in [-0.4, -0.2) is 21.9 Å². The summed E-state index contributed by atoms with van der Waals surface area (Å²) in [7, 11) is 0. The van der Waals surface area contributed by atoms with E-state index in [1.165, 1.54) is 18.2 Å². The highest BCUT2D eigenvalue weighted by Gasteiger charge is 2.23. The number of anilines is 2. The molecule has 4 rings (SSSR count). The fourth-order valence-electron chi connectivity index (χ4n) is 2.61. The van der Waals surface area contributed by atoms with Crippen LogP contribution in [0.1, 0.15) is 23.2 Å². The Balaban J connectivity index is 1.69. The quantitative estimate of drug-likeness (QED) is 0.585. The predicted octanol–water partition coefficient (Wildman–Crippen LogP) is 4.60. The Bertz CT molecular complexity index is 1020. The average Bonchev–Trinajstić information content (AvgIpc) is 3.33. The maximum atomic E-state index is 14.2. The molecular formula is C18H15Cl2FN4O2. The molecule has 0 unspecified atom stereocenters. The van der Waals surface area contributed by atoms with Crippen LogP contribution >= 0.6 is 23.2 Å². The number of hydroxylamine groups is 1. The minimum atomic E-state index is -0.571. The molecule has 0 bridgehead atoms. The highest BCUT2D eigenvalue weighted by atomic mass is 35.5. The molecule has 0 saturated heterocycles. The number of hydrogen-bond acceptors (Lipinski definition) is 4. The molecule has 0 atom stereocenters. The van der Waals surface area contributed by atoms with Gasteiger partial charge in [-0.1, -0.05) is 23.2 Å². The number of nitrogens with zero attached hydrogens (tertiary/aromatic N) is 2. The largest absolute Gasteiger partial charge is 0.351 e. The first-order valence-electron chi connectivity index (χ1n) is 8.32. The summed E-state index contributed by atoms with van der Waals surface area (Å²) in [5, 5.41) is 3.32. The van der Waals surface area contributed by atoms with E-state index >= 15 is 0 Å². The first-order chi connectivity index (χ1) is 13.0. The number of halogens is 3. The number of imidazole rings is 1. The van der Waals surface area contributed by atoms with Gasteiger partial charge in [0.05, 0.1) is 23.5 Å². The molecule has 6 nitrogen and oxygen atoms in total. The maximum Gasteiger partial charge on any atom is 0.278 e. The zero-order valence-electron chi connectivity index (χ0n) is 14.0. The van der Waals surface area contributed by atoms with Gasteiger partial charge in [0, 0.05) is 23.6 Å². The van der Waals surface area contributed by atoms with Gasteiger partial charge >= 0.3 is 0 Å². The van der Waals surface area contributed by atoms with E-state index in [0.717, 1.165) is 12.8 Å². The molecule has 2 heterocycles. The van der Waals surface area contributed by atoms with E-state index in [9.17, 15) is 9.18 Å². The highest BCUT2D eigenvalue weighted by Crippen LogP contribution is 2.34. The second kappa shape index (κ2) is 7.34. The molecular weight excluding hydrogens is 394 g/mol. The number of carbonyl (C=O) groups is 1. The number of nitrogens with one attached hydrogen (secondary N) is 2. The van der Waals surface area contributed by atoms with Gasteiger partial charge in [0.15, 0.2) is 5.65 Å². The molecule has 1 saturated carbocycles. The van der Waals surface area contributed by atoms with E-state index in [4.69, 9.17) is 28.0 Å². The molecule has 0 aliphatic heterocycles. The van der Waals surface area contributed by atoms with E-state index in [1.807, 2.05) is 0 Å². The molecule has 0 spiro atoms. The van der Waals surface area contributed by atoms with Crippen molar-refractivity contribution in [3.63, 3.8) is 0 Å². The predicted molar refractivity (Wildman–Crippen MR) is 101 cm³/mol. The minimum absolute atomic E-state index is 0.130. The van der Waals surface area contributed by atoms with Crippen LogP contribution in [0.15, 0.2) is 36.8 Å². The third-order valence-electron chi connectivity index (χ3n) is 4.24. The molecule has 0 radical (unpaired) electrons. The van der Waals surface area contributed by atoms with Crippen LogP contribution in [0.2, 0.25) is 10.0 Å². The lowest BCUT2D eigenvalue weighted by atomic mass is 10.2. The first kappa shape index (κ1) is 18.0. The molecule has 1 amide bonds. The summed E-state index contributed by atoms with van der Waals surface area (Å²) in [4.78, 5) is 22.1. The molecule has 1 aliphatic carbocycles. The second-order valence-electron chi connectivity index (χ2n) is 6.32. The number of carbonyl (C=O) groups excluding carboxylic acids is 1. The number of amides is 1. The van der Waals surface area contributed by atoms with Crippen LogP contribution in [0, 0.1) is 11.7 Å². The Labute approximate surface area is 164 Å². The zero-order valence-corrected chi connectivity index (χ0v) is 15.5. The smallest absolute Gasteiger partial charge is 0.278 e. The number of fused-ring (bicyclic) bond motifs is 1. The van der Waals surface area contributed by atoms with Crippen molar-refractivity contribution in [2.45, 2.75) is 12.8 Å². The van der Waals surface area contributed by atoms with E-state index < -0.39 is 11.7 Å². The van der Waals surface area contributed by atoms with Crippen LogP contribution in [0.4, 0.5) is 15.8 Å². The average molecular weight is 409 g/mol.